The van der Waals surface area contributed by atoms with E-state index >= 15 is 0 Å². The van der Waals surface area contributed by atoms with Gasteiger partial charge in [-0.15, -0.1) is 0 Å². The normalized spacial score (nSPS) is 13.8. The van der Waals surface area contributed by atoms with Crippen molar-refractivity contribution in [1.29, 1.82) is 0 Å². The third-order valence-electron chi connectivity index (χ3n) is 6.80. The van der Waals surface area contributed by atoms with E-state index < -0.39 is 63.7 Å². The first kappa shape index (κ1) is 34.6. The van der Waals surface area contributed by atoms with Crippen molar-refractivity contribution < 1.29 is 38.8 Å². The van der Waals surface area contributed by atoms with E-state index in [4.69, 9.17) is 17.4 Å². The summed E-state index contributed by atoms with van der Waals surface area (Å²) in [7, 11) is -12.3. The van der Waals surface area contributed by atoms with E-state index in [9.17, 15) is 21.4 Å². The largest absolute Gasteiger partial charge is 0.324 e. The second kappa shape index (κ2) is 13.2. The molecule has 2 rings (SSSR count). The van der Waals surface area contributed by atoms with Crippen LogP contribution in [-0.4, -0.2) is 28.4 Å². The Balaban J connectivity index is 2.49. The van der Waals surface area contributed by atoms with Crippen LogP contribution in [0, 0.1) is 37.5 Å². The second-order valence-electron chi connectivity index (χ2n) is 11.2. The minimum Gasteiger partial charge on any atom is -0.275 e. The molecule has 0 bridgehead atoms. The van der Waals surface area contributed by atoms with E-state index in [1.807, 2.05) is 13.8 Å². The Bertz CT molecular complexity index is 1240. The lowest BCUT2D eigenvalue weighted by Crippen LogP contribution is -2.49. The van der Waals surface area contributed by atoms with Crippen LogP contribution in [0.15, 0.2) is 58.3 Å². The third-order valence-corrected chi connectivity index (χ3v) is 10.4. The molecule has 40 heavy (non-hydrogen) atoms. The fourth-order valence-electron chi connectivity index (χ4n) is 4.35. The molecule has 0 aliphatic carbocycles. The quantitative estimate of drug-likeness (QED) is 0.127. The molecule has 0 saturated carbocycles. The summed E-state index contributed by atoms with van der Waals surface area (Å²) in [5, 5.41) is 0. The maximum atomic E-state index is 13.6. The Morgan fingerprint density at radius 3 is 1.02 bits per heavy atom. The Hall–Kier alpha value is -1.59. The minimum atomic E-state index is -4.35. The van der Waals surface area contributed by atoms with Crippen LogP contribution < -0.4 is 0 Å². The monoisotopic (exact) mass is 618 g/mol. The van der Waals surface area contributed by atoms with Gasteiger partial charge in [-0.2, -0.15) is 16.8 Å². The average Bonchev–Trinajstić information content (AvgIpc) is 2.82. The molecule has 2 aromatic carbocycles. The van der Waals surface area contributed by atoms with Crippen molar-refractivity contribution in [2.45, 2.75) is 90.6 Å². The maximum Gasteiger partial charge on any atom is 0.324 e. The van der Waals surface area contributed by atoms with Crippen LogP contribution >= 0.6 is 8.25 Å². The third kappa shape index (κ3) is 7.82. The lowest BCUT2D eigenvalue weighted by molar-refractivity contribution is -0.208. The number of hydrogen-bond donors (Lipinski definition) is 0. The molecule has 0 radical (unpaired) electrons. The van der Waals surface area contributed by atoms with Crippen molar-refractivity contribution in [2.24, 2.45) is 23.7 Å². The molecule has 12 heteroatoms. The topological polar surface area (TPSA) is 122 Å². The fraction of sp³-hybridized carbons (Fsp3) is 0.571. The highest BCUT2D eigenvalue weighted by molar-refractivity contribution is 7.87. The van der Waals surface area contributed by atoms with Gasteiger partial charge >= 0.3 is 8.25 Å². The summed E-state index contributed by atoms with van der Waals surface area (Å²) >= 11 is 0. The van der Waals surface area contributed by atoms with Crippen molar-refractivity contribution in [1.82, 2.24) is 0 Å². The van der Waals surface area contributed by atoms with Crippen molar-refractivity contribution in [3.05, 3.63) is 59.7 Å². The van der Waals surface area contributed by atoms with Gasteiger partial charge < -0.3 is 0 Å². The molecular formula is C28H43O9PS2. The Kier molecular flexibility index (Phi) is 11.4. The molecule has 0 aliphatic heterocycles. The van der Waals surface area contributed by atoms with E-state index in [-0.39, 0.29) is 9.79 Å². The standard InChI is InChI=1S/C28H43O9PS2/c1-19(2)27(20(3)4,36-39(30,31)25-15-11-23(9)12-16-25)34-38(29)35-28(21(5)6,22(7)8)37-40(32,33)26-17-13-24(10)14-18-26/h11-22,38H,1-10H3. The van der Waals surface area contributed by atoms with Gasteiger partial charge in [0.05, 0.1) is 9.79 Å². The lowest BCUT2D eigenvalue weighted by Gasteiger charge is -2.42. The summed E-state index contributed by atoms with van der Waals surface area (Å²) in [6, 6.07) is 12.2. The van der Waals surface area contributed by atoms with Crippen LogP contribution in [0.2, 0.25) is 0 Å². The van der Waals surface area contributed by atoms with Gasteiger partial charge in [0.1, 0.15) is 0 Å². The SMILES string of the molecule is Cc1ccc(S(=O)(=O)OC(O[PH](=O)OC(OS(=O)(=O)c2ccc(C)cc2)(C(C)C)C(C)C)(C(C)C)C(C)C)cc1. The minimum absolute atomic E-state index is 0.0841. The first-order valence-electron chi connectivity index (χ1n) is 13.3. The van der Waals surface area contributed by atoms with Crippen LogP contribution in [0.5, 0.6) is 0 Å². The van der Waals surface area contributed by atoms with Gasteiger partial charge in [-0.1, -0.05) is 90.8 Å². The average molecular weight is 619 g/mol. The van der Waals surface area contributed by atoms with E-state index in [2.05, 4.69) is 0 Å². The number of rotatable bonds is 14. The predicted molar refractivity (Wildman–Crippen MR) is 155 cm³/mol. The second-order valence-corrected chi connectivity index (χ2v) is 15.2. The summed E-state index contributed by atoms with van der Waals surface area (Å²) in [5.74, 6) is -6.19. The summed E-state index contributed by atoms with van der Waals surface area (Å²) in [6.07, 6.45) is 0. The van der Waals surface area contributed by atoms with E-state index in [1.165, 1.54) is 24.3 Å². The zero-order valence-corrected chi connectivity index (χ0v) is 27.6. The fourth-order valence-corrected chi connectivity index (χ4v) is 8.72. The molecule has 9 nitrogen and oxygen atoms in total. The van der Waals surface area contributed by atoms with Crippen LogP contribution in [0.25, 0.3) is 0 Å². The highest BCUT2D eigenvalue weighted by Crippen LogP contribution is 2.49. The summed E-state index contributed by atoms with van der Waals surface area (Å²) < 4.78 is 89.9. The van der Waals surface area contributed by atoms with Crippen LogP contribution in [0.4, 0.5) is 0 Å². The molecule has 0 saturated heterocycles. The number of benzene rings is 2. The molecule has 0 spiro atoms. The summed E-state index contributed by atoms with van der Waals surface area (Å²) in [6.45, 7) is 17.1. The van der Waals surface area contributed by atoms with Crippen molar-refractivity contribution in [3.8, 4) is 0 Å². The first-order valence-corrected chi connectivity index (χ1v) is 17.3. The van der Waals surface area contributed by atoms with E-state index in [1.54, 1.807) is 79.7 Å². The molecule has 0 fully saturated rings. The zero-order valence-electron chi connectivity index (χ0n) is 24.9. The molecule has 0 atom stereocenters. The van der Waals surface area contributed by atoms with Crippen LogP contribution in [0.1, 0.15) is 66.5 Å². The molecule has 2 aromatic rings. The summed E-state index contributed by atoms with van der Waals surface area (Å²) in [5.41, 5.74) is 1.74. The molecule has 0 N–H and O–H groups in total. The van der Waals surface area contributed by atoms with Gasteiger partial charge in [0.25, 0.3) is 20.2 Å². The Morgan fingerprint density at radius 2 is 0.800 bits per heavy atom. The molecule has 226 valence electrons. The van der Waals surface area contributed by atoms with Gasteiger partial charge in [-0.05, 0) is 38.1 Å². The number of hydrogen-bond acceptors (Lipinski definition) is 9. The van der Waals surface area contributed by atoms with Crippen molar-refractivity contribution >= 4 is 28.5 Å². The van der Waals surface area contributed by atoms with E-state index in [0.717, 1.165) is 11.1 Å². The maximum absolute atomic E-state index is 13.6. The molecule has 0 unspecified atom stereocenters. The number of aryl methyl sites for hydroxylation is 2. The molecule has 0 heterocycles. The molecular weight excluding hydrogens is 575 g/mol. The first-order chi connectivity index (χ1) is 18.3. The predicted octanol–water partition coefficient (Wildman–Crippen LogP) is 6.85. The smallest absolute Gasteiger partial charge is 0.275 e. The van der Waals surface area contributed by atoms with Gasteiger partial charge in [-0.3, -0.25) is 13.6 Å². The van der Waals surface area contributed by atoms with Gasteiger partial charge in [0.15, 0.2) is 11.6 Å². The van der Waals surface area contributed by atoms with Gasteiger partial charge in [0.2, 0.25) is 0 Å². The van der Waals surface area contributed by atoms with Crippen molar-refractivity contribution in [3.63, 3.8) is 0 Å². The van der Waals surface area contributed by atoms with Crippen LogP contribution in [0.3, 0.4) is 0 Å². The molecule has 0 aromatic heterocycles. The van der Waals surface area contributed by atoms with Crippen molar-refractivity contribution in [2.75, 3.05) is 0 Å². The van der Waals surface area contributed by atoms with Crippen LogP contribution in [-0.2, 0) is 42.2 Å². The Labute approximate surface area is 240 Å². The summed E-state index contributed by atoms with van der Waals surface area (Å²) in [4.78, 5) is -0.168. The molecule has 0 amide bonds. The lowest BCUT2D eigenvalue weighted by atomic mass is 9.92. The Morgan fingerprint density at radius 1 is 0.550 bits per heavy atom. The highest BCUT2D eigenvalue weighted by Gasteiger charge is 2.50. The highest BCUT2D eigenvalue weighted by atomic mass is 32.2. The molecule has 0 aliphatic rings. The van der Waals surface area contributed by atoms with E-state index in [0.29, 0.717) is 0 Å². The van der Waals surface area contributed by atoms with Gasteiger partial charge in [-0.25, -0.2) is 8.37 Å². The van der Waals surface area contributed by atoms with Gasteiger partial charge in [0, 0.05) is 23.7 Å². The zero-order chi connectivity index (χ0) is 30.7.